The second-order valence-electron chi connectivity index (χ2n) is 6.65. The molecule has 2 aromatic carbocycles. The predicted octanol–water partition coefficient (Wildman–Crippen LogP) is 2.41. The average molecular weight is 420 g/mol. The summed E-state index contributed by atoms with van der Waals surface area (Å²) >= 11 is 0. The third-order valence-corrected chi connectivity index (χ3v) is 6.55. The number of carbonyl (C=O) groups is 2. The smallest absolute Gasteiger partial charge is 0.309 e. The lowest BCUT2D eigenvalue weighted by atomic mass is 9.98. The van der Waals surface area contributed by atoms with Gasteiger partial charge in [0.15, 0.2) is 6.61 Å². The summed E-state index contributed by atoms with van der Waals surface area (Å²) in [6.07, 6.45) is 0.582. The van der Waals surface area contributed by atoms with Crippen molar-refractivity contribution < 1.29 is 27.1 Å². The maximum absolute atomic E-state index is 13.0. The van der Waals surface area contributed by atoms with E-state index < -0.39 is 40.2 Å². The molecule has 1 heterocycles. The predicted molar refractivity (Wildman–Crippen MR) is 104 cm³/mol. The quantitative estimate of drug-likeness (QED) is 0.725. The Kier molecular flexibility index (Phi) is 6.60. The lowest BCUT2D eigenvalue weighted by Gasteiger charge is -2.30. The molecule has 2 aromatic rings. The van der Waals surface area contributed by atoms with Gasteiger partial charge in [-0.2, -0.15) is 4.31 Å². The lowest BCUT2D eigenvalue weighted by Crippen LogP contribution is -2.40. The van der Waals surface area contributed by atoms with Crippen molar-refractivity contribution in [3.05, 3.63) is 60.4 Å². The minimum absolute atomic E-state index is 0.0116. The van der Waals surface area contributed by atoms with Crippen LogP contribution in [0.25, 0.3) is 0 Å². The van der Waals surface area contributed by atoms with Gasteiger partial charge in [-0.3, -0.25) is 9.59 Å². The van der Waals surface area contributed by atoms with Crippen LogP contribution in [0.3, 0.4) is 0 Å². The topological polar surface area (TPSA) is 92.8 Å². The second kappa shape index (κ2) is 9.15. The van der Waals surface area contributed by atoms with Crippen LogP contribution in [0.15, 0.2) is 59.5 Å². The van der Waals surface area contributed by atoms with Gasteiger partial charge in [-0.25, -0.2) is 12.8 Å². The zero-order valence-corrected chi connectivity index (χ0v) is 16.4. The number of hydrogen-bond acceptors (Lipinski definition) is 5. The Balaban J connectivity index is 1.48. The average Bonchev–Trinajstić information content (AvgIpc) is 2.73. The van der Waals surface area contributed by atoms with Crippen molar-refractivity contribution in [2.75, 3.05) is 25.0 Å². The molecule has 7 nitrogen and oxygen atoms in total. The summed E-state index contributed by atoms with van der Waals surface area (Å²) in [5.41, 5.74) is 0.604. The third kappa shape index (κ3) is 5.39. The SMILES string of the molecule is O=C(COC(=O)C1CCN(S(=O)(=O)c2ccc(F)cc2)CC1)Nc1ccccc1. The van der Waals surface area contributed by atoms with Crippen LogP contribution in [0.2, 0.25) is 0 Å². The number of esters is 1. The zero-order chi connectivity index (χ0) is 20.9. The highest BCUT2D eigenvalue weighted by Crippen LogP contribution is 2.24. The van der Waals surface area contributed by atoms with E-state index in [-0.39, 0.29) is 18.0 Å². The number of para-hydroxylation sites is 1. The van der Waals surface area contributed by atoms with Crippen molar-refractivity contribution >= 4 is 27.6 Å². The highest BCUT2D eigenvalue weighted by atomic mass is 32.2. The van der Waals surface area contributed by atoms with Crippen LogP contribution >= 0.6 is 0 Å². The summed E-state index contributed by atoms with van der Waals surface area (Å²) in [4.78, 5) is 24.1. The Bertz CT molecular complexity index is 956. The number of sulfonamides is 1. The van der Waals surface area contributed by atoms with E-state index in [0.29, 0.717) is 18.5 Å². The number of piperidine rings is 1. The normalized spacial score (nSPS) is 15.6. The van der Waals surface area contributed by atoms with Crippen molar-refractivity contribution in [1.29, 1.82) is 0 Å². The van der Waals surface area contributed by atoms with Crippen LogP contribution in [0.1, 0.15) is 12.8 Å². The molecule has 1 aliphatic rings. The van der Waals surface area contributed by atoms with Gasteiger partial charge in [0.25, 0.3) is 5.91 Å². The van der Waals surface area contributed by atoms with Gasteiger partial charge >= 0.3 is 5.97 Å². The number of rotatable bonds is 6. The molecular formula is C20H21FN2O5S. The van der Waals surface area contributed by atoms with E-state index in [2.05, 4.69) is 5.32 Å². The fourth-order valence-corrected chi connectivity index (χ4v) is 4.53. The molecular weight excluding hydrogens is 399 g/mol. The molecule has 1 fully saturated rings. The molecule has 0 atom stereocenters. The lowest BCUT2D eigenvalue weighted by molar-refractivity contribution is -0.152. The van der Waals surface area contributed by atoms with Gasteiger partial charge in [-0.1, -0.05) is 18.2 Å². The molecule has 0 radical (unpaired) electrons. The first kappa shape index (κ1) is 20.9. The standard InChI is InChI=1S/C20H21FN2O5S/c21-16-6-8-18(9-7-16)29(26,27)23-12-10-15(11-13-23)20(25)28-14-19(24)22-17-4-2-1-3-5-17/h1-9,15H,10-14H2,(H,22,24). The van der Waals surface area contributed by atoms with E-state index in [9.17, 15) is 22.4 Å². The van der Waals surface area contributed by atoms with Crippen molar-refractivity contribution in [1.82, 2.24) is 4.31 Å². The fourth-order valence-electron chi connectivity index (χ4n) is 3.06. The molecule has 0 bridgehead atoms. The van der Waals surface area contributed by atoms with Crippen LogP contribution in [-0.2, 0) is 24.3 Å². The maximum Gasteiger partial charge on any atom is 0.309 e. The Morgan fingerprint density at radius 1 is 1.03 bits per heavy atom. The summed E-state index contributed by atoms with van der Waals surface area (Å²) in [6.45, 7) is -0.104. The second-order valence-corrected chi connectivity index (χ2v) is 8.59. The van der Waals surface area contributed by atoms with Gasteiger partial charge in [-0.15, -0.1) is 0 Å². The molecule has 3 rings (SSSR count). The first-order valence-corrected chi connectivity index (χ1v) is 10.6. The van der Waals surface area contributed by atoms with E-state index in [4.69, 9.17) is 4.74 Å². The molecule has 1 saturated heterocycles. The van der Waals surface area contributed by atoms with Crippen molar-refractivity contribution in [2.24, 2.45) is 5.92 Å². The maximum atomic E-state index is 13.0. The zero-order valence-electron chi connectivity index (χ0n) is 15.6. The minimum atomic E-state index is -3.74. The van der Waals surface area contributed by atoms with Gasteiger partial charge in [0, 0.05) is 18.8 Å². The van der Waals surface area contributed by atoms with Gasteiger partial charge in [-0.05, 0) is 49.2 Å². The van der Waals surface area contributed by atoms with Crippen LogP contribution in [-0.4, -0.2) is 44.3 Å². The Morgan fingerprint density at radius 2 is 1.66 bits per heavy atom. The van der Waals surface area contributed by atoms with Gasteiger partial charge in [0.1, 0.15) is 5.82 Å². The Labute approximate surface area is 168 Å². The highest BCUT2D eigenvalue weighted by molar-refractivity contribution is 7.89. The van der Waals surface area contributed by atoms with Crippen molar-refractivity contribution in [2.45, 2.75) is 17.7 Å². The largest absolute Gasteiger partial charge is 0.455 e. The van der Waals surface area contributed by atoms with Crippen LogP contribution < -0.4 is 5.32 Å². The summed E-state index contributed by atoms with van der Waals surface area (Å²) in [7, 11) is -3.74. The summed E-state index contributed by atoms with van der Waals surface area (Å²) in [5.74, 6) is -1.95. The number of ether oxygens (including phenoxy) is 1. The van der Waals surface area contributed by atoms with Crippen LogP contribution in [0.5, 0.6) is 0 Å². The Hall–Kier alpha value is -2.78. The van der Waals surface area contributed by atoms with Gasteiger partial charge in [0.2, 0.25) is 10.0 Å². The first-order chi connectivity index (χ1) is 13.9. The monoisotopic (exact) mass is 420 g/mol. The fraction of sp³-hybridized carbons (Fsp3) is 0.300. The molecule has 29 heavy (non-hydrogen) atoms. The first-order valence-electron chi connectivity index (χ1n) is 9.13. The molecule has 9 heteroatoms. The molecule has 1 amide bonds. The van der Waals surface area contributed by atoms with E-state index >= 15 is 0 Å². The van der Waals surface area contributed by atoms with E-state index in [1.54, 1.807) is 24.3 Å². The number of amides is 1. The molecule has 0 saturated carbocycles. The number of hydrogen-bond donors (Lipinski definition) is 1. The highest BCUT2D eigenvalue weighted by Gasteiger charge is 2.33. The molecule has 0 aliphatic carbocycles. The number of benzene rings is 2. The molecule has 1 N–H and O–H groups in total. The van der Waals surface area contributed by atoms with Crippen LogP contribution in [0.4, 0.5) is 10.1 Å². The van der Waals surface area contributed by atoms with E-state index in [1.807, 2.05) is 6.07 Å². The van der Waals surface area contributed by atoms with E-state index in [0.717, 1.165) is 12.1 Å². The summed E-state index contributed by atoms with van der Waals surface area (Å²) < 4.78 is 44.6. The minimum Gasteiger partial charge on any atom is -0.455 e. The van der Waals surface area contributed by atoms with Gasteiger partial charge < -0.3 is 10.1 Å². The molecule has 0 spiro atoms. The summed E-state index contributed by atoms with van der Waals surface area (Å²) in [5, 5.41) is 2.62. The Morgan fingerprint density at radius 3 is 2.28 bits per heavy atom. The van der Waals surface area contributed by atoms with E-state index in [1.165, 1.54) is 16.4 Å². The van der Waals surface area contributed by atoms with Gasteiger partial charge in [0.05, 0.1) is 10.8 Å². The summed E-state index contributed by atoms with van der Waals surface area (Å²) in [6, 6.07) is 13.4. The molecule has 1 aliphatic heterocycles. The number of anilines is 1. The number of carbonyl (C=O) groups excluding carboxylic acids is 2. The molecule has 154 valence electrons. The molecule has 0 aromatic heterocycles. The van der Waals surface area contributed by atoms with Crippen molar-refractivity contribution in [3.8, 4) is 0 Å². The number of nitrogens with one attached hydrogen (secondary N) is 1. The van der Waals surface area contributed by atoms with Crippen molar-refractivity contribution in [3.63, 3.8) is 0 Å². The number of halogens is 1. The molecule has 0 unspecified atom stereocenters. The third-order valence-electron chi connectivity index (χ3n) is 4.64. The number of nitrogens with zero attached hydrogens (tertiary/aromatic N) is 1. The van der Waals surface area contributed by atoms with Crippen LogP contribution in [0, 0.1) is 11.7 Å².